The molecular weight excluding hydrogens is 278 g/mol. The molecule has 0 unspecified atom stereocenters. The predicted molar refractivity (Wildman–Crippen MR) is 73.8 cm³/mol. The normalized spacial score (nSPS) is 35.1. The van der Waals surface area contributed by atoms with Gasteiger partial charge in [-0.3, -0.25) is 0 Å². The number of aliphatic hydroxyl groups is 1. The Labute approximate surface area is 124 Å². The number of alkyl carbamates (subject to hydrolysis) is 1. The topological polar surface area (TPSA) is 86.3 Å². The van der Waals surface area contributed by atoms with Gasteiger partial charge in [0, 0.05) is 0 Å². The highest BCUT2D eigenvalue weighted by Gasteiger charge is 2.52. The van der Waals surface area contributed by atoms with E-state index in [0.717, 1.165) is 0 Å². The number of ether oxygens (including phenoxy) is 4. The van der Waals surface area contributed by atoms with Crippen molar-refractivity contribution in [3.63, 3.8) is 0 Å². The number of fused-ring (bicyclic) bond motifs is 1. The number of nitrogens with one attached hydrogen (secondary N) is 1. The summed E-state index contributed by atoms with van der Waals surface area (Å²) in [5.74, 6) is -0.773. The average molecular weight is 303 g/mol. The number of hydrogen-bond donors (Lipinski definition) is 2. The number of amides is 1. The fraction of sp³-hybridized carbons (Fsp3) is 0.929. The van der Waals surface area contributed by atoms with E-state index in [1.807, 2.05) is 0 Å². The maximum atomic E-state index is 11.9. The van der Waals surface area contributed by atoms with Crippen molar-refractivity contribution in [1.29, 1.82) is 0 Å². The number of carbonyl (C=O) groups excluding carboxylic acids is 1. The molecule has 2 fully saturated rings. The first kappa shape index (κ1) is 16.5. The van der Waals surface area contributed by atoms with Gasteiger partial charge in [0.25, 0.3) is 0 Å². The third-order valence-electron chi connectivity index (χ3n) is 3.30. The molecule has 4 atom stereocenters. The second kappa shape index (κ2) is 5.72. The second-order valence-electron chi connectivity index (χ2n) is 6.87. The largest absolute Gasteiger partial charge is 0.444 e. The Morgan fingerprint density at radius 2 is 1.95 bits per heavy atom. The highest BCUT2D eigenvalue weighted by atomic mass is 16.8. The van der Waals surface area contributed by atoms with Crippen molar-refractivity contribution < 1.29 is 28.8 Å². The first-order valence-corrected chi connectivity index (χ1v) is 7.19. The summed E-state index contributed by atoms with van der Waals surface area (Å²) in [7, 11) is 0. The molecule has 0 aromatic rings. The zero-order chi connectivity index (χ0) is 15.8. The summed E-state index contributed by atoms with van der Waals surface area (Å²) in [6, 6.07) is -0.380. The number of aliphatic hydroxyl groups excluding tert-OH is 1. The minimum absolute atomic E-state index is 0.153. The van der Waals surface area contributed by atoms with E-state index >= 15 is 0 Å². The van der Waals surface area contributed by atoms with Crippen LogP contribution in [0.2, 0.25) is 0 Å². The Morgan fingerprint density at radius 3 is 2.52 bits per heavy atom. The lowest BCUT2D eigenvalue weighted by molar-refractivity contribution is -0.157. The van der Waals surface area contributed by atoms with Gasteiger partial charge in [-0.1, -0.05) is 0 Å². The molecule has 0 saturated carbocycles. The third kappa shape index (κ3) is 4.06. The van der Waals surface area contributed by atoms with Gasteiger partial charge in [0.15, 0.2) is 5.79 Å². The summed E-state index contributed by atoms with van der Waals surface area (Å²) in [5, 5.41) is 12.1. The van der Waals surface area contributed by atoms with Gasteiger partial charge in [-0.25, -0.2) is 4.79 Å². The standard InChI is InChI=1S/C14H25NO6/c1-13(2,3)21-12(17)15-8-7-18-9(6-16)11-10(8)19-14(4,5)20-11/h8-11,16H,6-7H2,1-5H3,(H,15,17)/t8-,9+,10+,11-/m0/s1. The van der Waals surface area contributed by atoms with E-state index in [4.69, 9.17) is 18.9 Å². The first-order valence-electron chi connectivity index (χ1n) is 7.19. The molecule has 2 aliphatic rings. The molecule has 0 bridgehead atoms. The van der Waals surface area contributed by atoms with Gasteiger partial charge in [-0.05, 0) is 34.6 Å². The molecular formula is C14H25NO6. The monoisotopic (exact) mass is 303 g/mol. The van der Waals surface area contributed by atoms with Crippen molar-refractivity contribution in [3.05, 3.63) is 0 Å². The van der Waals surface area contributed by atoms with Gasteiger partial charge in [-0.2, -0.15) is 0 Å². The van der Waals surface area contributed by atoms with Crippen LogP contribution in [0.25, 0.3) is 0 Å². The van der Waals surface area contributed by atoms with Crippen LogP contribution in [0.3, 0.4) is 0 Å². The summed E-state index contributed by atoms with van der Waals surface area (Å²) >= 11 is 0. The minimum Gasteiger partial charge on any atom is -0.444 e. The van der Waals surface area contributed by atoms with Crippen molar-refractivity contribution in [1.82, 2.24) is 5.32 Å². The van der Waals surface area contributed by atoms with Crippen molar-refractivity contribution >= 4 is 6.09 Å². The summed E-state index contributed by atoms with van der Waals surface area (Å²) < 4.78 is 22.4. The van der Waals surface area contributed by atoms with Crippen molar-refractivity contribution in [3.8, 4) is 0 Å². The van der Waals surface area contributed by atoms with Crippen LogP contribution in [0.1, 0.15) is 34.6 Å². The fourth-order valence-electron chi connectivity index (χ4n) is 2.57. The van der Waals surface area contributed by atoms with Crippen LogP contribution in [0, 0.1) is 0 Å². The van der Waals surface area contributed by atoms with Crippen molar-refractivity contribution in [2.24, 2.45) is 0 Å². The molecule has 0 spiro atoms. The molecule has 2 rings (SSSR count). The summed E-state index contributed by atoms with van der Waals surface area (Å²) in [4.78, 5) is 11.9. The molecule has 0 radical (unpaired) electrons. The third-order valence-corrected chi connectivity index (χ3v) is 3.30. The van der Waals surface area contributed by atoms with Crippen LogP contribution in [0.15, 0.2) is 0 Å². The summed E-state index contributed by atoms with van der Waals surface area (Å²) in [6.07, 6.45) is -1.77. The Bertz CT molecular complexity index is 391. The smallest absolute Gasteiger partial charge is 0.408 e. The molecule has 0 aliphatic carbocycles. The predicted octanol–water partition coefficient (Wildman–Crippen LogP) is 0.791. The van der Waals surface area contributed by atoms with Gasteiger partial charge < -0.3 is 29.4 Å². The first-order chi connectivity index (χ1) is 9.61. The molecule has 0 aromatic heterocycles. The highest BCUT2D eigenvalue weighted by molar-refractivity contribution is 5.68. The molecule has 0 aromatic carbocycles. The lowest BCUT2D eigenvalue weighted by Crippen LogP contribution is -2.59. The summed E-state index contributed by atoms with van der Waals surface area (Å²) in [6.45, 7) is 9.08. The molecule has 1 amide bonds. The zero-order valence-electron chi connectivity index (χ0n) is 13.2. The van der Waals surface area contributed by atoms with E-state index in [0.29, 0.717) is 0 Å². The van der Waals surface area contributed by atoms with Crippen molar-refractivity contribution in [2.75, 3.05) is 13.2 Å². The Balaban J connectivity index is 2.03. The second-order valence-corrected chi connectivity index (χ2v) is 6.87. The molecule has 7 heteroatoms. The lowest BCUT2D eigenvalue weighted by Gasteiger charge is -2.36. The molecule has 2 heterocycles. The van der Waals surface area contributed by atoms with Gasteiger partial charge >= 0.3 is 6.09 Å². The number of hydrogen-bond acceptors (Lipinski definition) is 6. The Hall–Kier alpha value is -0.890. The average Bonchev–Trinajstić information content (AvgIpc) is 2.62. The minimum atomic E-state index is -0.773. The number of carbonyl (C=O) groups is 1. The van der Waals surface area contributed by atoms with Gasteiger partial charge in [0.05, 0.1) is 19.3 Å². The van der Waals surface area contributed by atoms with Crippen molar-refractivity contribution in [2.45, 2.75) is 70.4 Å². The molecule has 7 nitrogen and oxygen atoms in total. The van der Waals surface area contributed by atoms with Crippen LogP contribution in [0.5, 0.6) is 0 Å². The molecule has 122 valence electrons. The van der Waals surface area contributed by atoms with E-state index in [-0.39, 0.29) is 25.4 Å². The Kier molecular flexibility index (Phi) is 4.49. The molecule has 2 N–H and O–H groups in total. The fourth-order valence-corrected chi connectivity index (χ4v) is 2.57. The zero-order valence-corrected chi connectivity index (χ0v) is 13.2. The molecule has 2 aliphatic heterocycles. The van der Waals surface area contributed by atoms with Crippen LogP contribution in [0.4, 0.5) is 4.79 Å². The molecule has 21 heavy (non-hydrogen) atoms. The van der Waals surface area contributed by atoms with E-state index in [1.165, 1.54) is 0 Å². The lowest BCUT2D eigenvalue weighted by atomic mass is 9.98. The maximum absolute atomic E-state index is 11.9. The maximum Gasteiger partial charge on any atom is 0.408 e. The Morgan fingerprint density at radius 1 is 1.33 bits per heavy atom. The van der Waals surface area contributed by atoms with Crippen LogP contribution in [-0.2, 0) is 18.9 Å². The van der Waals surface area contributed by atoms with Crippen LogP contribution in [-0.4, -0.2) is 60.2 Å². The highest BCUT2D eigenvalue weighted by Crippen LogP contribution is 2.35. The van der Waals surface area contributed by atoms with E-state index < -0.39 is 29.7 Å². The van der Waals surface area contributed by atoms with Gasteiger partial charge in [0.1, 0.15) is 23.9 Å². The summed E-state index contributed by atoms with van der Waals surface area (Å²) in [5.41, 5.74) is -0.570. The van der Waals surface area contributed by atoms with Crippen LogP contribution >= 0.6 is 0 Å². The van der Waals surface area contributed by atoms with E-state index in [9.17, 15) is 9.90 Å². The van der Waals surface area contributed by atoms with Crippen LogP contribution < -0.4 is 5.32 Å². The van der Waals surface area contributed by atoms with E-state index in [2.05, 4.69) is 5.32 Å². The van der Waals surface area contributed by atoms with Gasteiger partial charge in [-0.15, -0.1) is 0 Å². The van der Waals surface area contributed by atoms with E-state index in [1.54, 1.807) is 34.6 Å². The molecule has 2 saturated heterocycles. The number of rotatable bonds is 2. The SMILES string of the molecule is CC(C)(C)OC(=O)N[C@H]1CO[C@H](CO)[C@@H]2OC(C)(C)O[C@@H]21. The quantitative estimate of drug-likeness (QED) is 0.784. The van der Waals surface area contributed by atoms with Gasteiger partial charge in [0.2, 0.25) is 0 Å².